The number of halogens is 1. The van der Waals surface area contributed by atoms with Gasteiger partial charge >= 0.3 is 0 Å². The van der Waals surface area contributed by atoms with Gasteiger partial charge in [0.1, 0.15) is 24.0 Å². The van der Waals surface area contributed by atoms with Crippen LogP contribution < -0.4 is 9.46 Å². The van der Waals surface area contributed by atoms with Crippen molar-refractivity contribution >= 4 is 21.1 Å². The van der Waals surface area contributed by atoms with Gasteiger partial charge in [-0.25, -0.2) is 22.5 Å². The Balaban J connectivity index is 1.15. The number of hydrogen-bond acceptors (Lipinski definition) is 7. The van der Waals surface area contributed by atoms with Crippen molar-refractivity contribution in [3.05, 3.63) is 47.8 Å². The van der Waals surface area contributed by atoms with Gasteiger partial charge in [0.25, 0.3) is 0 Å². The first-order valence-corrected chi connectivity index (χ1v) is 14.5. The van der Waals surface area contributed by atoms with Gasteiger partial charge in [0.2, 0.25) is 10.0 Å². The van der Waals surface area contributed by atoms with Crippen LogP contribution in [-0.4, -0.2) is 73.4 Å². The lowest BCUT2D eigenvalue weighted by molar-refractivity contribution is 0.00794. The van der Waals surface area contributed by atoms with Gasteiger partial charge in [0.15, 0.2) is 17.8 Å². The van der Waals surface area contributed by atoms with Gasteiger partial charge in [-0.05, 0) is 37.2 Å². The van der Waals surface area contributed by atoms with Crippen molar-refractivity contribution in [2.24, 2.45) is 0 Å². The Bertz CT molecular complexity index is 1390. The number of fused-ring (bicyclic) bond motifs is 2. The van der Waals surface area contributed by atoms with Crippen molar-refractivity contribution in [2.75, 3.05) is 19.5 Å². The molecule has 198 valence electrons. The lowest BCUT2D eigenvalue weighted by Gasteiger charge is -2.28. The van der Waals surface area contributed by atoms with E-state index < -0.39 is 28.0 Å². The predicted molar refractivity (Wildman–Crippen MR) is 134 cm³/mol. The van der Waals surface area contributed by atoms with Crippen molar-refractivity contribution in [1.82, 2.24) is 14.7 Å². The highest BCUT2D eigenvalue weighted by molar-refractivity contribution is 7.88. The molecule has 2 aliphatic heterocycles. The number of H-pyrrole nitrogens is 1. The second-order valence-electron chi connectivity index (χ2n) is 10.3. The third-order valence-electron chi connectivity index (χ3n) is 7.55. The number of aliphatic hydroxyl groups excluding tert-OH is 1. The number of rotatable bonds is 6. The summed E-state index contributed by atoms with van der Waals surface area (Å²) in [6.07, 6.45) is 2.83. The zero-order valence-electron chi connectivity index (χ0n) is 20.4. The number of aliphatic hydroxyl groups is 1. The van der Waals surface area contributed by atoms with Crippen LogP contribution >= 0.6 is 0 Å². The van der Waals surface area contributed by atoms with E-state index in [0.717, 1.165) is 31.2 Å². The van der Waals surface area contributed by atoms with Gasteiger partial charge in [-0.2, -0.15) is 0 Å². The molecular weight excluding hydrogens is 501 g/mol. The minimum absolute atomic E-state index is 0.00863. The summed E-state index contributed by atoms with van der Waals surface area (Å²) in [5.74, 6) is 0.350. The number of sulfonamides is 1. The van der Waals surface area contributed by atoms with E-state index in [2.05, 4.69) is 14.7 Å². The molecular formula is C26H30FN3O6S. The molecule has 11 heteroatoms. The lowest BCUT2D eigenvalue weighted by Crippen LogP contribution is -2.36. The smallest absolute Gasteiger partial charge is 0.208 e. The molecule has 3 aliphatic rings. The molecule has 0 amide bonds. The molecule has 2 saturated heterocycles. The normalized spacial score (nSPS) is 30.0. The third kappa shape index (κ3) is 5.10. The van der Waals surface area contributed by atoms with Gasteiger partial charge in [0.05, 0.1) is 30.5 Å². The molecule has 1 saturated carbocycles. The van der Waals surface area contributed by atoms with Crippen molar-refractivity contribution in [3.63, 3.8) is 0 Å². The number of nitrogens with zero attached hydrogens (tertiary/aromatic N) is 1. The van der Waals surface area contributed by atoms with Crippen LogP contribution in [0.2, 0.25) is 0 Å². The maximum atomic E-state index is 15.0. The topological polar surface area (TPSA) is 123 Å². The van der Waals surface area contributed by atoms with Gasteiger partial charge in [0, 0.05) is 23.7 Å². The fraction of sp³-hybridized carbons (Fsp3) is 0.500. The van der Waals surface area contributed by atoms with Crippen LogP contribution in [0.25, 0.3) is 22.3 Å². The highest BCUT2D eigenvalue weighted by atomic mass is 32.2. The first-order valence-electron chi connectivity index (χ1n) is 12.6. The Morgan fingerprint density at radius 1 is 1.08 bits per heavy atom. The van der Waals surface area contributed by atoms with E-state index in [9.17, 15) is 13.5 Å². The number of benzene rings is 1. The van der Waals surface area contributed by atoms with Crippen LogP contribution in [0.4, 0.5) is 4.39 Å². The summed E-state index contributed by atoms with van der Waals surface area (Å²) in [4.78, 5) is 7.61. The second kappa shape index (κ2) is 9.63. The molecule has 3 N–H and O–H groups in total. The van der Waals surface area contributed by atoms with Gasteiger partial charge in [-0.3, -0.25) is 0 Å². The molecule has 4 heterocycles. The average molecular weight is 532 g/mol. The number of nitrogens with one attached hydrogen (secondary N) is 2. The third-order valence-corrected chi connectivity index (χ3v) is 8.32. The highest BCUT2D eigenvalue weighted by Gasteiger charge is 2.48. The minimum Gasteiger partial charge on any atom is -0.470 e. The van der Waals surface area contributed by atoms with Crippen LogP contribution in [0, 0.1) is 5.82 Å². The predicted octanol–water partition coefficient (Wildman–Crippen LogP) is 2.85. The van der Waals surface area contributed by atoms with Crippen molar-refractivity contribution in [3.8, 4) is 17.1 Å². The first-order chi connectivity index (χ1) is 17.7. The summed E-state index contributed by atoms with van der Waals surface area (Å²) in [5, 5.41) is 9.92. The molecule has 0 unspecified atom stereocenters. The van der Waals surface area contributed by atoms with Crippen LogP contribution in [0.3, 0.4) is 0 Å². The lowest BCUT2D eigenvalue weighted by atomic mass is 9.82. The van der Waals surface area contributed by atoms with Gasteiger partial charge in [-0.1, -0.05) is 24.3 Å². The van der Waals surface area contributed by atoms with E-state index in [1.54, 1.807) is 6.07 Å². The number of hydrogen-bond donors (Lipinski definition) is 3. The van der Waals surface area contributed by atoms with Crippen molar-refractivity contribution in [1.29, 1.82) is 0 Å². The van der Waals surface area contributed by atoms with E-state index in [1.807, 2.05) is 24.3 Å². The fourth-order valence-electron chi connectivity index (χ4n) is 5.74. The maximum absolute atomic E-state index is 15.0. The molecule has 1 aromatic carbocycles. The van der Waals surface area contributed by atoms with E-state index in [4.69, 9.17) is 14.2 Å². The molecule has 2 aromatic heterocycles. The van der Waals surface area contributed by atoms with E-state index in [0.29, 0.717) is 35.0 Å². The fourth-order valence-corrected chi connectivity index (χ4v) is 6.58. The molecule has 6 rings (SSSR count). The van der Waals surface area contributed by atoms with Crippen LogP contribution in [0.15, 0.2) is 36.4 Å². The van der Waals surface area contributed by atoms with E-state index in [1.165, 1.54) is 12.3 Å². The Hall–Kier alpha value is -2.57. The Kier molecular flexibility index (Phi) is 6.44. The van der Waals surface area contributed by atoms with Crippen LogP contribution in [0.1, 0.15) is 37.2 Å². The monoisotopic (exact) mass is 531 g/mol. The van der Waals surface area contributed by atoms with E-state index >= 15 is 4.39 Å². The number of aromatic amines is 1. The number of pyridine rings is 1. The molecule has 37 heavy (non-hydrogen) atoms. The summed E-state index contributed by atoms with van der Waals surface area (Å²) in [6, 6.07) is 10.9. The quantitative estimate of drug-likeness (QED) is 0.447. The van der Waals surface area contributed by atoms with Gasteiger partial charge in [-0.15, -0.1) is 0 Å². The summed E-state index contributed by atoms with van der Waals surface area (Å²) < 4.78 is 57.9. The molecule has 3 aromatic rings. The first kappa shape index (κ1) is 24.7. The summed E-state index contributed by atoms with van der Waals surface area (Å²) in [6.45, 7) is 0.523. The molecule has 4 atom stereocenters. The molecule has 0 bridgehead atoms. The Morgan fingerprint density at radius 3 is 2.54 bits per heavy atom. The number of ether oxygens (including phenoxy) is 3. The zero-order chi connectivity index (χ0) is 25.7. The van der Waals surface area contributed by atoms with Crippen LogP contribution in [0.5, 0.6) is 5.88 Å². The summed E-state index contributed by atoms with van der Waals surface area (Å²) in [5.41, 5.74) is 3.21. The molecule has 3 fully saturated rings. The molecule has 0 spiro atoms. The second-order valence-corrected chi connectivity index (χ2v) is 12.0. The van der Waals surface area contributed by atoms with Crippen LogP contribution in [-0.2, 0) is 19.5 Å². The molecule has 1 aliphatic carbocycles. The molecule has 9 nitrogen and oxygen atoms in total. The highest BCUT2D eigenvalue weighted by Crippen LogP contribution is 2.35. The molecule has 0 radical (unpaired) electrons. The average Bonchev–Trinajstić information content (AvgIpc) is 3.55. The summed E-state index contributed by atoms with van der Waals surface area (Å²) >= 11 is 0. The maximum Gasteiger partial charge on any atom is 0.208 e. The largest absolute Gasteiger partial charge is 0.470 e. The van der Waals surface area contributed by atoms with E-state index in [-0.39, 0.29) is 30.6 Å². The SMILES string of the molecule is CS(=O)(=O)NC1CCC(c2ccc(-c3nc4cc(O[C@@H]5CO[C@H]6[C@@H]5OC[C@H]6O)[nH]c4cc3F)cc2)CC1. The number of aromatic nitrogens is 2. The van der Waals surface area contributed by atoms with Gasteiger partial charge < -0.3 is 24.3 Å². The zero-order valence-corrected chi connectivity index (χ0v) is 21.2. The van der Waals surface area contributed by atoms with Crippen molar-refractivity contribution in [2.45, 2.75) is 62.1 Å². The standard InChI is InChI=1S/C26H30FN3O6S/c1-37(32,33)30-17-8-6-15(7-9-17)14-2-4-16(5-3-14)24-18(27)10-19-20(29-24)11-23(28-19)36-22-13-35-25-21(31)12-34-26(22)25/h2-5,10-11,15,17,21-22,25-26,28,30-31H,6-9,12-13H2,1H3/t15?,17?,21-,22-,25-,26-/m1/s1. The summed E-state index contributed by atoms with van der Waals surface area (Å²) in [7, 11) is -3.20. The Morgan fingerprint density at radius 2 is 1.81 bits per heavy atom. The minimum atomic E-state index is -3.20. The Labute approximate surface area is 214 Å². The van der Waals surface area contributed by atoms with Crippen molar-refractivity contribution < 1.29 is 32.1 Å².